The van der Waals surface area contributed by atoms with Crippen LogP contribution in [0.15, 0.2) is 11.4 Å². The molecule has 106 valence electrons. The molecule has 0 spiro atoms. The van der Waals surface area contributed by atoms with Crippen LogP contribution in [0, 0.1) is 5.92 Å². The normalized spacial score (nSPS) is 10.3. The third-order valence-corrected chi connectivity index (χ3v) is 3.62. The molecule has 0 atom stereocenters. The Morgan fingerprint density at radius 1 is 1.42 bits per heavy atom. The van der Waals surface area contributed by atoms with E-state index in [1.807, 2.05) is 11.4 Å². The Balaban J connectivity index is 2.35. The summed E-state index contributed by atoms with van der Waals surface area (Å²) in [6.07, 6.45) is 2.10. The summed E-state index contributed by atoms with van der Waals surface area (Å²) >= 11 is 6.67. The summed E-state index contributed by atoms with van der Waals surface area (Å²) in [6, 6.07) is 1.93. The second kappa shape index (κ2) is 8.12. The van der Waals surface area contributed by atoms with E-state index in [2.05, 4.69) is 36.9 Å². The van der Waals surface area contributed by atoms with Gasteiger partial charge in [0.15, 0.2) is 5.11 Å². The predicted octanol–water partition coefficient (Wildman–Crippen LogP) is 2.47. The molecule has 0 unspecified atom stereocenters. The highest BCUT2D eigenvalue weighted by molar-refractivity contribution is 7.80. The smallest absolute Gasteiger partial charge is 0.270 e. The number of thiocarbonyl (C=S) groups is 1. The van der Waals surface area contributed by atoms with Crippen LogP contribution in [0.3, 0.4) is 0 Å². The minimum Gasteiger partial charge on any atom is -0.361 e. The van der Waals surface area contributed by atoms with Crippen LogP contribution in [0.2, 0.25) is 0 Å². The number of aryl methyl sites for hydroxylation is 1. The number of nitrogens with one attached hydrogen (secondary N) is 3. The molecule has 3 N–H and O–H groups in total. The lowest BCUT2D eigenvalue weighted by molar-refractivity contribution is 0.0944. The zero-order chi connectivity index (χ0) is 14.3. The molecule has 19 heavy (non-hydrogen) atoms. The molecule has 0 radical (unpaired) electrons. The molecule has 1 heterocycles. The highest BCUT2D eigenvalue weighted by atomic mass is 32.1. The van der Waals surface area contributed by atoms with Crippen molar-refractivity contribution in [1.82, 2.24) is 16.2 Å². The maximum atomic E-state index is 11.9. The molecule has 0 aliphatic carbocycles. The third-order valence-electron chi connectivity index (χ3n) is 2.37. The van der Waals surface area contributed by atoms with Gasteiger partial charge in [-0.2, -0.15) is 0 Å². The Bertz CT molecular complexity index is 429. The van der Waals surface area contributed by atoms with Gasteiger partial charge >= 0.3 is 0 Å². The number of carbonyl (C=O) groups is 1. The zero-order valence-electron chi connectivity index (χ0n) is 11.6. The first-order valence-electron chi connectivity index (χ1n) is 6.44. The van der Waals surface area contributed by atoms with Crippen molar-refractivity contribution in [2.45, 2.75) is 33.6 Å². The van der Waals surface area contributed by atoms with E-state index in [9.17, 15) is 4.79 Å². The third kappa shape index (κ3) is 6.02. The van der Waals surface area contributed by atoms with Gasteiger partial charge in [0.2, 0.25) is 0 Å². The monoisotopic (exact) mass is 299 g/mol. The second-order valence-corrected chi connectivity index (χ2v) is 6.14. The van der Waals surface area contributed by atoms with Gasteiger partial charge in [0, 0.05) is 16.8 Å². The molecule has 6 heteroatoms. The van der Waals surface area contributed by atoms with Crippen molar-refractivity contribution in [2.24, 2.45) is 5.92 Å². The van der Waals surface area contributed by atoms with E-state index < -0.39 is 0 Å². The quantitative estimate of drug-likeness (QED) is 0.577. The van der Waals surface area contributed by atoms with E-state index in [4.69, 9.17) is 12.2 Å². The van der Waals surface area contributed by atoms with E-state index in [-0.39, 0.29) is 5.91 Å². The number of thiophene rings is 1. The van der Waals surface area contributed by atoms with Crippen molar-refractivity contribution in [3.63, 3.8) is 0 Å². The second-order valence-electron chi connectivity index (χ2n) is 4.73. The standard InChI is InChI=1S/C13H21N3OS2/c1-4-5-11-6-10(8-19-11)12(17)15-16-13(18)14-7-9(2)3/h6,8-9H,4-5,7H2,1-3H3,(H,15,17)(H2,14,16,18). The molecular weight excluding hydrogens is 278 g/mol. The summed E-state index contributed by atoms with van der Waals surface area (Å²) in [5.74, 6) is 0.344. The molecular formula is C13H21N3OS2. The van der Waals surface area contributed by atoms with Crippen molar-refractivity contribution >= 4 is 34.6 Å². The van der Waals surface area contributed by atoms with Gasteiger partial charge < -0.3 is 5.32 Å². The number of hydrogen-bond donors (Lipinski definition) is 3. The lowest BCUT2D eigenvalue weighted by atomic mass is 10.2. The van der Waals surface area contributed by atoms with Crippen LogP contribution in [0.1, 0.15) is 42.4 Å². The molecule has 0 fully saturated rings. The molecule has 0 saturated heterocycles. The van der Waals surface area contributed by atoms with E-state index in [0.29, 0.717) is 16.6 Å². The average Bonchev–Trinajstić information content (AvgIpc) is 2.82. The summed E-state index contributed by atoms with van der Waals surface area (Å²) < 4.78 is 0. The Labute approximate surface area is 123 Å². The van der Waals surface area contributed by atoms with Crippen molar-refractivity contribution in [1.29, 1.82) is 0 Å². The van der Waals surface area contributed by atoms with E-state index in [1.165, 1.54) is 4.88 Å². The lowest BCUT2D eigenvalue weighted by Gasteiger charge is -2.12. The van der Waals surface area contributed by atoms with Gasteiger partial charge in [0.1, 0.15) is 0 Å². The highest BCUT2D eigenvalue weighted by Crippen LogP contribution is 2.16. The van der Waals surface area contributed by atoms with Gasteiger partial charge in [-0.1, -0.05) is 27.2 Å². The Kier molecular flexibility index (Phi) is 6.80. The fourth-order valence-corrected chi connectivity index (χ4v) is 2.51. The van der Waals surface area contributed by atoms with Crippen LogP contribution in [-0.2, 0) is 6.42 Å². The molecule has 4 nitrogen and oxygen atoms in total. The average molecular weight is 299 g/mol. The van der Waals surface area contributed by atoms with Crippen LogP contribution >= 0.6 is 23.6 Å². The Morgan fingerprint density at radius 2 is 2.16 bits per heavy atom. The molecule has 1 amide bonds. The number of hydrogen-bond acceptors (Lipinski definition) is 3. The van der Waals surface area contributed by atoms with Gasteiger partial charge in [-0.15, -0.1) is 11.3 Å². The number of amides is 1. The van der Waals surface area contributed by atoms with Gasteiger partial charge in [-0.05, 0) is 30.6 Å². The largest absolute Gasteiger partial charge is 0.361 e. The van der Waals surface area contributed by atoms with E-state index >= 15 is 0 Å². The molecule has 0 bridgehead atoms. The van der Waals surface area contributed by atoms with Crippen molar-refractivity contribution < 1.29 is 4.79 Å². The zero-order valence-corrected chi connectivity index (χ0v) is 13.2. The molecule has 1 aromatic heterocycles. The molecule has 0 aromatic carbocycles. The van der Waals surface area contributed by atoms with Crippen molar-refractivity contribution in [2.75, 3.05) is 6.54 Å². The van der Waals surface area contributed by atoms with Crippen molar-refractivity contribution in [3.8, 4) is 0 Å². The lowest BCUT2D eigenvalue weighted by Crippen LogP contribution is -2.47. The fraction of sp³-hybridized carbons (Fsp3) is 0.538. The molecule has 0 aliphatic heterocycles. The summed E-state index contributed by atoms with van der Waals surface area (Å²) in [4.78, 5) is 13.1. The van der Waals surface area contributed by atoms with E-state index in [1.54, 1.807) is 11.3 Å². The fourth-order valence-electron chi connectivity index (χ4n) is 1.40. The summed E-state index contributed by atoms with van der Waals surface area (Å²) in [5.41, 5.74) is 5.97. The molecule has 1 rings (SSSR count). The maximum absolute atomic E-state index is 11.9. The molecule has 0 aliphatic rings. The number of carbonyl (C=O) groups excluding carboxylic acids is 1. The van der Waals surface area contributed by atoms with Gasteiger partial charge in [-0.3, -0.25) is 15.6 Å². The van der Waals surface area contributed by atoms with Gasteiger partial charge in [0.25, 0.3) is 5.91 Å². The minimum atomic E-state index is -0.160. The van der Waals surface area contributed by atoms with Crippen LogP contribution in [0.25, 0.3) is 0 Å². The highest BCUT2D eigenvalue weighted by Gasteiger charge is 2.08. The van der Waals surface area contributed by atoms with E-state index in [0.717, 1.165) is 19.4 Å². The van der Waals surface area contributed by atoms with Crippen LogP contribution in [0.4, 0.5) is 0 Å². The van der Waals surface area contributed by atoms with Crippen LogP contribution in [-0.4, -0.2) is 17.6 Å². The Hall–Kier alpha value is -1.14. The Morgan fingerprint density at radius 3 is 2.79 bits per heavy atom. The summed E-state index contributed by atoms with van der Waals surface area (Å²) in [7, 11) is 0. The summed E-state index contributed by atoms with van der Waals surface area (Å²) in [6.45, 7) is 7.09. The summed E-state index contributed by atoms with van der Waals surface area (Å²) in [5, 5.41) is 5.33. The number of rotatable bonds is 5. The molecule has 1 aromatic rings. The van der Waals surface area contributed by atoms with Gasteiger partial charge in [0.05, 0.1) is 5.56 Å². The number of hydrazine groups is 1. The van der Waals surface area contributed by atoms with Crippen LogP contribution < -0.4 is 16.2 Å². The minimum absolute atomic E-state index is 0.160. The van der Waals surface area contributed by atoms with Gasteiger partial charge in [-0.25, -0.2) is 0 Å². The first-order valence-corrected chi connectivity index (χ1v) is 7.73. The van der Waals surface area contributed by atoms with Crippen molar-refractivity contribution in [3.05, 3.63) is 21.9 Å². The molecule has 0 saturated carbocycles. The van der Waals surface area contributed by atoms with Crippen LogP contribution in [0.5, 0.6) is 0 Å². The first kappa shape index (κ1) is 15.9. The maximum Gasteiger partial charge on any atom is 0.270 e. The SMILES string of the molecule is CCCc1cc(C(=O)NNC(=S)NCC(C)C)cs1. The predicted molar refractivity (Wildman–Crippen MR) is 84.4 cm³/mol. The topological polar surface area (TPSA) is 53.2 Å². The first-order chi connectivity index (χ1) is 9.02.